The van der Waals surface area contributed by atoms with Crippen LogP contribution in [-0.2, 0) is 4.74 Å². The molecule has 0 bridgehead atoms. The van der Waals surface area contributed by atoms with Gasteiger partial charge in [-0.15, -0.1) is 0 Å². The van der Waals surface area contributed by atoms with Gasteiger partial charge in [0, 0.05) is 18.9 Å². The van der Waals surface area contributed by atoms with Gasteiger partial charge in [-0.25, -0.2) is 9.18 Å². The summed E-state index contributed by atoms with van der Waals surface area (Å²) in [7, 11) is 0. The second kappa shape index (κ2) is 5.35. The molecule has 1 aliphatic heterocycles. The Labute approximate surface area is 101 Å². The second-order valence-electron chi connectivity index (χ2n) is 5.35. The van der Waals surface area contributed by atoms with Crippen LogP contribution in [0.25, 0.3) is 0 Å². The minimum absolute atomic E-state index is 0.0290. The van der Waals surface area contributed by atoms with E-state index in [0.717, 1.165) is 0 Å². The maximum Gasteiger partial charge on any atom is 0.410 e. The fourth-order valence-corrected chi connectivity index (χ4v) is 1.79. The zero-order chi connectivity index (χ0) is 13.1. The van der Waals surface area contributed by atoms with Crippen molar-refractivity contribution in [2.24, 2.45) is 5.92 Å². The van der Waals surface area contributed by atoms with Crippen molar-refractivity contribution in [1.29, 1.82) is 5.26 Å². The zero-order valence-electron chi connectivity index (χ0n) is 10.6. The number of carbonyl (C=O) groups excluding carboxylic acids is 1. The van der Waals surface area contributed by atoms with Crippen molar-refractivity contribution in [2.45, 2.75) is 45.4 Å². The summed E-state index contributed by atoms with van der Waals surface area (Å²) in [6.45, 7) is 5.82. The number of amides is 1. The van der Waals surface area contributed by atoms with Gasteiger partial charge in [-0.2, -0.15) is 5.26 Å². The fourth-order valence-electron chi connectivity index (χ4n) is 1.79. The first-order chi connectivity index (χ1) is 7.83. The number of piperidine rings is 1. The average Bonchev–Trinajstić information content (AvgIpc) is 2.18. The van der Waals surface area contributed by atoms with Crippen molar-refractivity contribution < 1.29 is 13.9 Å². The molecule has 0 aliphatic carbocycles. The molecule has 0 aromatic rings. The number of halogens is 1. The Morgan fingerprint density at radius 2 is 2.24 bits per heavy atom. The summed E-state index contributed by atoms with van der Waals surface area (Å²) >= 11 is 0. The number of hydrogen-bond acceptors (Lipinski definition) is 3. The topological polar surface area (TPSA) is 53.3 Å². The Bertz CT molecular complexity index is 319. The largest absolute Gasteiger partial charge is 0.444 e. The van der Waals surface area contributed by atoms with Gasteiger partial charge in [-0.05, 0) is 27.2 Å². The number of hydrogen-bond donors (Lipinski definition) is 0. The molecule has 0 spiro atoms. The maximum atomic E-state index is 13.7. The number of ether oxygens (including phenoxy) is 1. The van der Waals surface area contributed by atoms with Crippen LogP contribution in [0.15, 0.2) is 0 Å². The molecule has 1 rings (SSSR count). The van der Waals surface area contributed by atoms with Crippen LogP contribution in [0.5, 0.6) is 0 Å². The van der Waals surface area contributed by atoms with Crippen LogP contribution < -0.4 is 0 Å². The summed E-state index contributed by atoms with van der Waals surface area (Å²) in [6, 6.07) is 1.98. The van der Waals surface area contributed by atoms with E-state index < -0.39 is 17.9 Å². The normalized spacial score (nSPS) is 25.2. The third kappa shape index (κ3) is 4.22. The highest BCUT2D eigenvalue weighted by Crippen LogP contribution is 2.24. The Balaban J connectivity index is 2.50. The van der Waals surface area contributed by atoms with Crippen molar-refractivity contribution in [3.8, 4) is 6.07 Å². The van der Waals surface area contributed by atoms with Crippen LogP contribution >= 0.6 is 0 Å². The molecule has 0 aromatic carbocycles. The summed E-state index contributed by atoms with van der Waals surface area (Å²) in [5.41, 5.74) is -0.563. The highest BCUT2D eigenvalue weighted by atomic mass is 19.1. The number of carbonyl (C=O) groups is 1. The summed E-state index contributed by atoms with van der Waals surface area (Å²) in [4.78, 5) is 13.1. The molecule has 0 radical (unpaired) electrons. The Morgan fingerprint density at radius 3 is 2.71 bits per heavy atom. The predicted octanol–water partition coefficient (Wildman–Crippen LogP) is 2.50. The van der Waals surface area contributed by atoms with Gasteiger partial charge in [0.2, 0.25) is 0 Å². The molecule has 5 heteroatoms. The van der Waals surface area contributed by atoms with Crippen molar-refractivity contribution in [3.63, 3.8) is 0 Å². The van der Waals surface area contributed by atoms with E-state index in [9.17, 15) is 9.18 Å². The van der Waals surface area contributed by atoms with E-state index in [-0.39, 0.29) is 18.9 Å². The molecule has 1 fully saturated rings. The van der Waals surface area contributed by atoms with Crippen LogP contribution in [0.1, 0.15) is 33.6 Å². The molecule has 1 heterocycles. The number of likely N-dealkylation sites (tertiary alicyclic amines) is 1. The molecule has 1 amide bonds. The lowest BCUT2D eigenvalue weighted by atomic mass is 9.92. The Kier molecular flexibility index (Phi) is 4.33. The molecule has 4 nitrogen and oxygen atoms in total. The highest BCUT2D eigenvalue weighted by molar-refractivity contribution is 5.68. The fraction of sp³-hybridized carbons (Fsp3) is 0.833. The molecular weight excluding hydrogens is 223 g/mol. The number of nitriles is 1. The van der Waals surface area contributed by atoms with E-state index in [2.05, 4.69) is 0 Å². The van der Waals surface area contributed by atoms with E-state index in [1.807, 2.05) is 6.07 Å². The molecular formula is C12H19FN2O2. The highest BCUT2D eigenvalue weighted by Gasteiger charge is 2.33. The van der Waals surface area contributed by atoms with Crippen molar-refractivity contribution in [2.75, 3.05) is 13.1 Å². The Morgan fingerprint density at radius 1 is 1.59 bits per heavy atom. The number of rotatable bonds is 1. The lowest BCUT2D eigenvalue weighted by molar-refractivity contribution is 0.00589. The van der Waals surface area contributed by atoms with Crippen molar-refractivity contribution in [1.82, 2.24) is 4.90 Å². The predicted molar refractivity (Wildman–Crippen MR) is 61.0 cm³/mol. The van der Waals surface area contributed by atoms with Crippen molar-refractivity contribution in [3.05, 3.63) is 0 Å². The van der Waals surface area contributed by atoms with Crippen LogP contribution in [0, 0.1) is 17.2 Å². The first kappa shape index (κ1) is 13.8. The maximum absolute atomic E-state index is 13.7. The first-order valence-corrected chi connectivity index (χ1v) is 5.82. The standard InChI is InChI=1S/C12H19FN2O2/c1-12(2,3)17-11(16)15-7-5-9(4-6-14)10(13)8-15/h9-10H,4-5,7-8H2,1-3H3. The SMILES string of the molecule is CC(C)(C)OC(=O)N1CCC(CC#N)C(F)C1. The van der Waals surface area contributed by atoms with Crippen LogP contribution in [-0.4, -0.2) is 35.9 Å². The van der Waals surface area contributed by atoms with Crippen LogP contribution in [0.3, 0.4) is 0 Å². The van der Waals surface area contributed by atoms with Crippen LogP contribution in [0.2, 0.25) is 0 Å². The van der Waals surface area contributed by atoms with Crippen molar-refractivity contribution >= 4 is 6.09 Å². The minimum Gasteiger partial charge on any atom is -0.444 e. The molecule has 17 heavy (non-hydrogen) atoms. The molecule has 2 unspecified atom stereocenters. The van der Waals surface area contributed by atoms with Crippen LogP contribution in [0.4, 0.5) is 9.18 Å². The van der Waals surface area contributed by atoms with Gasteiger partial charge in [0.1, 0.15) is 11.8 Å². The van der Waals surface area contributed by atoms with Gasteiger partial charge in [0.25, 0.3) is 0 Å². The average molecular weight is 242 g/mol. The summed E-state index contributed by atoms with van der Waals surface area (Å²) in [5, 5.41) is 8.54. The number of alkyl halides is 1. The third-order valence-electron chi connectivity index (χ3n) is 2.68. The third-order valence-corrected chi connectivity index (χ3v) is 2.68. The van der Waals surface area contributed by atoms with Gasteiger partial charge < -0.3 is 9.64 Å². The molecule has 0 saturated carbocycles. The lowest BCUT2D eigenvalue weighted by Crippen LogP contribution is -2.46. The molecule has 1 saturated heterocycles. The second-order valence-corrected chi connectivity index (χ2v) is 5.35. The van der Waals surface area contributed by atoms with Gasteiger partial charge in [0.15, 0.2) is 0 Å². The Hall–Kier alpha value is -1.31. The quantitative estimate of drug-likeness (QED) is 0.709. The summed E-state index contributed by atoms with van der Waals surface area (Å²) < 4.78 is 18.9. The van der Waals surface area contributed by atoms with Gasteiger partial charge in [-0.1, -0.05) is 0 Å². The van der Waals surface area contributed by atoms with E-state index >= 15 is 0 Å². The first-order valence-electron chi connectivity index (χ1n) is 5.82. The monoisotopic (exact) mass is 242 g/mol. The zero-order valence-corrected chi connectivity index (χ0v) is 10.6. The smallest absolute Gasteiger partial charge is 0.410 e. The summed E-state index contributed by atoms with van der Waals surface area (Å²) in [6.07, 6.45) is -0.872. The van der Waals surface area contributed by atoms with E-state index in [4.69, 9.17) is 10.00 Å². The van der Waals surface area contributed by atoms with Gasteiger partial charge in [-0.3, -0.25) is 0 Å². The molecule has 0 aromatic heterocycles. The molecule has 1 aliphatic rings. The lowest BCUT2D eigenvalue weighted by Gasteiger charge is -2.34. The van der Waals surface area contributed by atoms with E-state index in [0.29, 0.717) is 13.0 Å². The summed E-state index contributed by atoms with van der Waals surface area (Å²) in [5.74, 6) is -0.251. The minimum atomic E-state index is -1.13. The number of nitrogens with zero attached hydrogens (tertiary/aromatic N) is 2. The van der Waals surface area contributed by atoms with E-state index in [1.54, 1.807) is 20.8 Å². The molecule has 96 valence electrons. The van der Waals surface area contributed by atoms with Gasteiger partial charge >= 0.3 is 6.09 Å². The molecule has 2 atom stereocenters. The van der Waals surface area contributed by atoms with E-state index in [1.165, 1.54) is 4.90 Å². The molecule has 0 N–H and O–H groups in total. The van der Waals surface area contributed by atoms with Gasteiger partial charge in [0.05, 0.1) is 12.6 Å².